The fraction of sp³-hybridized carbons (Fsp3) is 0.188. The molecule has 0 aliphatic heterocycles. The first kappa shape index (κ1) is 16.2. The largest absolute Gasteiger partial charge is 0.350 e. The van der Waals surface area contributed by atoms with Crippen LogP contribution in [-0.2, 0) is 6.42 Å². The van der Waals surface area contributed by atoms with E-state index in [-0.39, 0.29) is 5.82 Å². The summed E-state index contributed by atoms with van der Waals surface area (Å²) < 4.78 is 12.9. The molecule has 1 aromatic heterocycles. The third-order valence-electron chi connectivity index (χ3n) is 3.12. The van der Waals surface area contributed by atoms with Gasteiger partial charge in [0.05, 0.1) is 6.04 Å². The Hall–Kier alpha value is -2.18. The molecule has 0 radical (unpaired) electrons. The number of urea groups is 1. The number of halogens is 1. The summed E-state index contributed by atoms with van der Waals surface area (Å²) in [6, 6.07) is 9.00. The molecule has 1 unspecified atom stereocenters. The topological polar surface area (TPSA) is 66.6 Å². The van der Waals surface area contributed by atoms with Crippen LogP contribution in [0.25, 0.3) is 6.08 Å². The van der Waals surface area contributed by atoms with Crippen LogP contribution in [0.1, 0.15) is 22.2 Å². The van der Waals surface area contributed by atoms with Gasteiger partial charge in [0.15, 0.2) is 0 Å². The second-order valence-electron chi connectivity index (χ2n) is 4.89. The van der Waals surface area contributed by atoms with E-state index in [1.807, 2.05) is 18.2 Å². The van der Waals surface area contributed by atoms with Crippen LogP contribution in [0.3, 0.4) is 0 Å². The summed E-state index contributed by atoms with van der Waals surface area (Å²) in [6.07, 6.45) is 4.26. The molecule has 2 rings (SSSR count). The van der Waals surface area contributed by atoms with Crippen LogP contribution in [0.15, 0.2) is 42.5 Å². The van der Waals surface area contributed by atoms with Crippen molar-refractivity contribution in [2.75, 3.05) is 0 Å². The molecule has 2 aromatic rings. The molecule has 0 aliphatic rings. The number of hydroxylamine groups is 2. The Labute approximate surface area is 132 Å². The Bertz CT molecular complexity index is 667. The van der Waals surface area contributed by atoms with Gasteiger partial charge in [-0.25, -0.2) is 9.18 Å². The van der Waals surface area contributed by atoms with Crippen LogP contribution in [0, 0.1) is 5.82 Å². The smallest absolute Gasteiger partial charge is 0.339 e. The molecular weight excluding hydrogens is 303 g/mol. The van der Waals surface area contributed by atoms with E-state index in [0.717, 1.165) is 21.7 Å². The van der Waals surface area contributed by atoms with Gasteiger partial charge in [-0.3, -0.25) is 5.21 Å². The van der Waals surface area contributed by atoms with Gasteiger partial charge in [-0.05, 0) is 42.8 Å². The summed E-state index contributed by atoms with van der Waals surface area (Å²) in [6.45, 7) is 1.66. The number of benzene rings is 1. The van der Waals surface area contributed by atoms with E-state index in [1.54, 1.807) is 36.5 Å². The predicted molar refractivity (Wildman–Crippen MR) is 85.2 cm³/mol. The van der Waals surface area contributed by atoms with E-state index < -0.39 is 12.1 Å². The lowest BCUT2D eigenvalue weighted by atomic mass is 10.1. The van der Waals surface area contributed by atoms with Crippen molar-refractivity contribution in [3.05, 3.63) is 63.6 Å². The van der Waals surface area contributed by atoms with Gasteiger partial charge >= 0.3 is 6.03 Å². The van der Waals surface area contributed by atoms with E-state index >= 15 is 0 Å². The summed E-state index contributed by atoms with van der Waals surface area (Å²) in [7, 11) is 0. The summed E-state index contributed by atoms with van der Waals surface area (Å²) in [5.41, 5.74) is 6.03. The van der Waals surface area contributed by atoms with E-state index in [0.29, 0.717) is 5.06 Å². The predicted octanol–water partition coefficient (Wildman–Crippen LogP) is 3.65. The van der Waals surface area contributed by atoms with E-state index in [2.05, 4.69) is 0 Å². The van der Waals surface area contributed by atoms with Crippen LogP contribution >= 0.6 is 11.3 Å². The third-order valence-corrected chi connectivity index (χ3v) is 4.18. The molecule has 116 valence electrons. The second kappa shape index (κ2) is 7.20. The number of nitrogens with two attached hydrogens (primary N) is 1. The Balaban J connectivity index is 1.99. The molecular formula is C16H17FN2O2S. The number of carbonyl (C=O) groups excluding carboxylic acids is 1. The molecule has 22 heavy (non-hydrogen) atoms. The molecule has 0 aliphatic carbocycles. The van der Waals surface area contributed by atoms with Crippen molar-refractivity contribution in [3.63, 3.8) is 0 Å². The SMILES string of the molecule is CC(/C=C\c1ccc(Cc2ccc(F)cc2)s1)N(O)C(N)=O. The summed E-state index contributed by atoms with van der Waals surface area (Å²) >= 11 is 1.60. The van der Waals surface area contributed by atoms with Gasteiger partial charge in [-0.1, -0.05) is 18.2 Å². The van der Waals surface area contributed by atoms with E-state index in [1.165, 1.54) is 12.1 Å². The lowest BCUT2D eigenvalue weighted by Crippen LogP contribution is -2.38. The highest BCUT2D eigenvalue weighted by Gasteiger charge is 2.11. The average Bonchev–Trinajstić information content (AvgIpc) is 2.94. The van der Waals surface area contributed by atoms with Crippen molar-refractivity contribution in [3.8, 4) is 0 Å². The minimum Gasteiger partial charge on any atom is -0.350 e. The quantitative estimate of drug-likeness (QED) is 0.652. The van der Waals surface area contributed by atoms with Crippen molar-refractivity contribution in [1.82, 2.24) is 5.06 Å². The maximum atomic E-state index is 12.9. The lowest BCUT2D eigenvalue weighted by molar-refractivity contribution is -0.0560. The Kier molecular flexibility index (Phi) is 5.30. The van der Waals surface area contributed by atoms with E-state index in [4.69, 9.17) is 5.73 Å². The monoisotopic (exact) mass is 320 g/mol. The summed E-state index contributed by atoms with van der Waals surface area (Å²) in [5.74, 6) is -0.240. The zero-order valence-corrected chi connectivity index (χ0v) is 12.9. The highest BCUT2D eigenvalue weighted by Crippen LogP contribution is 2.21. The molecule has 1 aromatic carbocycles. The third kappa shape index (κ3) is 4.41. The van der Waals surface area contributed by atoms with Gasteiger partial charge in [-0.2, -0.15) is 5.06 Å². The minimum atomic E-state index is -0.889. The zero-order chi connectivity index (χ0) is 16.1. The number of primary amides is 1. The van der Waals surface area contributed by atoms with Crippen molar-refractivity contribution >= 4 is 23.4 Å². The number of thiophene rings is 1. The molecule has 1 heterocycles. The van der Waals surface area contributed by atoms with Gasteiger partial charge < -0.3 is 5.73 Å². The van der Waals surface area contributed by atoms with Crippen LogP contribution in [0.2, 0.25) is 0 Å². The molecule has 0 spiro atoms. The highest BCUT2D eigenvalue weighted by molar-refractivity contribution is 7.12. The Morgan fingerprint density at radius 2 is 2.05 bits per heavy atom. The minimum absolute atomic E-state index is 0.240. The van der Waals surface area contributed by atoms with E-state index in [9.17, 15) is 14.4 Å². The first-order valence-corrected chi connectivity index (χ1v) is 7.56. The Morgan fingerprint density at radius 1 is 1.36 bits per heavy atom. The fourth-order valence-electron chi connectivity index (χ4n) is 1.90. The number of carbonyl (C=O) groups is 1. The normalized spacial score (nSPS) is 12.5. The van der Waals surface area contributed by atoms with Crippen molar-refractivity contribution in [2.45, 2.75) is 19.4 Å². The molecule has 1 atom stereocenters. The molecule has 6 heteroatoms. The zero-order valence-electron chi connectivity index (χ0n) is 12.1. The first-order valence-electron chi connectivity index (χ1n) is 6.74. The number of hydrogen-bond acceptors (Lipinski definition) is 3. The van der Waals surface area contributed by atoms with Crippen LogP contribution < -0.4 is 5.73 Å². The van der Waals surface area contributed by atoms with Gasteiger partial charge in [0.2, 0.25) is 0 Å². The van der Waals surface area contributed by atoms with Gasteiger partial charge in [-0.15, -0.1) is 11.3 Å². The van der Waals surface area contributed by atoms with Crippen molar-refractivity contribution in [2.24, 2.45) is 5.73 Å². The highest BCUT2D eigenvalue weighted by atomic mass is 32.1. The Morgan fingerprint density at radius 3 is 2.68 bits per heavy atom. The van der Waals surface area contributed by atoms with Gasteiger partial charge in [0.25, 0.3) is 0 Å². The van der Waals surface area contributed by atoms with Crippen LogP contribution in [0.4, 0.5) is 9.18 Å². The maximum absolute atomic E-state index is 12.9. The maximum Gasteiger partial charge on any atom is 0.339 e. The average molecular weight is 320 g/mol. The van der Waals surface area contributed by atoms with Crippen molar-refractivity contribution < 1.29 is 14.4 Å². The molecule has 0 saturated carbocycles. The fourth-order valence-corrected chi connectivity index (χ4v) is 2.86. The standard InChI is InChI=1S/C16H17FN2O2S/c1-11(19(21)16(18)20)2-7-14-8-9-15(22-14)10-12-3-5-13(17)6-4-12/h2-9,11,21H,10H2,1H3,(H2,18,20)/b7-2-. The molecule has 4 nitrogen and oxygen atoms in total. The molecule has 0 saturated heterocycles. The second-order valence-corrected chi connectivity index (χ2v) is 6.09. The molecule has 3 N–H and O–H groups in total. The molecule has 2 amide bonds. The summed E-state index contributed by atoms with van der Waals surface area (Å²) in [5, 5.41) is 9.85. The number of rotatable bonds is 5. The van der Waals surface area contributed by atoms with Gasteiger partial charge in [0, 0.05) is 16.2 Å². The van der Waals surface area contributed by atoms with Crippen LogP contribution in [0.5, 0.6) is 0 Å². The number of amides is 2. The number of nitrogens with zero attached hydrogens (tertiary/aromatic N) is 1. The van der Waals surface area contributed by atoms with Crippen LogP contribution in [-0.4, -0.2) is 22.3 Å². The first-order chi connectivity index (χ1) is 10.5. The molecule has 0 fully saturated rings. The number of hydrogen-bond donors (Lipinski definition) is 2. The van der Waals surface area contributed by atoms with Crippen molar-refractivity contribution in [1.29, 1.82) is 0 Å². The lowest BCUT2D eigenvalue weighted by Gasteiger charge is -2.16. The summed E-state index contributed by atoms with van der Waals surface area (Å²) in [4.78, 5) is 13.0. The molecule has 0 bridgehead atoms. The van der Waals surface area contributed by atoms with Gasteiger partial charge in [0.1, 0.15) is 5.82 Å².